The van der Waals surface area contributed by atoms with Crippen molar-refractivity contribution >= 4 is 11.7 Å². The van der Waals surface area contributed by atoms with E-state index in [2.05, 4.69) is 43.2 Å². The summed E-state index contributed by atoms with van der Waals surface area (Å²) in [5.41, 5.74) is 3.18. The molecule has 32 heavy (non-hydrogen) atoms. The third-order valence-corrected chi connectivity index (χ3v) is 6.19. The summed E-state index contributed by atoms with van der Waals surface area (Å²) in [5.74, 6) is 2.27. The van der Waals surface area contributed by atoms with Crippen LogP contribution < -0.4 is 14.8 Å². The summed E-state index contributed by atoms with van der Waals surface area (Å²) in [4.78, 5) is 17.7. The topological polar surface area (TPSA) is 54.0 Å². The summed E-state index contributed by atoms with van der Waals surface area (Å²) >= 11 is 0. The van der Waals surface area contributed by atoms with E-state index in [0.29, 0.717) is 19.1 Å². The van der Waals surface area contributed by atoms with Crippen molar-refractivity contribution in [1.29, 1.82) is 0 Å². The fourth-order valence-corrected chi connectivity index (χ4v) is 4.30. The van der Waals surface area contributed by atoms with Gasteiger partial charge >= 0.3 is 6.03 Å². The van der Waals surface area contributed by atoms with Crippen LogP contribution in [0.15, 0.2) is 42.5 Å². The van der Waals surface area contributed by atoms with E-state index in [1.54, 1.807) is 0 Å². The van der Waals surface area contributed by atoms with Crippen LogP contribution in [0.2, 0.25) is 0 Å². The Bertz CT molecular complexity index is 905. The van der Waals surface area contributed by atoms with E-state index in [-0.39, 0.29) is 12.1 Å². The van der Waals surface area contributed by atoms with Gasteiger partial charge in [-0.2, -0.15) is 0 Å². The molecule has 172 valence electrons. The first kappa shape index (κ1) is 22.5. The zero-order valence-corrected chi connectivity index (χ0v) is 19.5. The SMILES string of the molecule is CC(C)COc1ccc(NC(=O)N(Cc2ccc3c(c2)CCO3)C2CCN(C)CC2)cc1. The van der Waals surface area contributed by atoms with Crippen LogP contribution in [0.3, 0.4) is 0 Å². The molecule has 0 saturated carbocycles. The summed E-state index contributed by atoms with van der Waals surface area (Å²) in [7, 11) is 2.14. The van der Waals surface area contributed by atoms with Gasteiger partial charge in [0.25, 0.3) is 0 Å². The average molecular weight is 438 g/mol. The number of benzene rings is 2. The van der Waals surface area contributed by atoms with Gasteiger partial charge in [-0.15, -0.1) is 0 Å². The van der Waals surface area contributed by atoms with E-state index in [9.17, 15) is 4.79 Å². The minimum absolute atomic E-state index is 0.0489. The highest BCUT2D eigenvalue weighted by Crippen LogP contribution is 2.28. The highest BCUT2D eigenvalue weighted by atomic mass is 16.5. The summed E-state index contributed by atoms with van der Waals surface area (Å²) < 4.78 is 11.4. The van der Waals surface area contributed by atoms with Crippen molar-refractivity contribution in [3.8, 4) is 11.5 Å². The van der Waals surface area contributed by atoms with E-state index < -0.39 is 0 Å². The largest absolute Gasteiger partial charge is 0.493 e. The van der Waals surface area contributed by atoms with Crippen LogP contribution in [0, 0.1) is 5.92 Å². The number of carbonyl (C=O) groups excluding carboxylic acids is 1. The molecule has 1 saturated heterocycles. The molecule has 0 aliphatic carbocycles. The van der Waals surface area contributed by atoms with Gasteiger partial charge in [-0.05, 0) is 80.4 Å². The summed E-state index contributed by atoms with van der Waals surface area (Å²) in [6, 6.07) is 14.1. The first-order valence-corrected chi connectivity index (χ1v) is 11.7. The molecule has 4 rings (SSSR count). The van der Waals surface area contributed by atoms with Crippen molar-refractivity contribution in [1.82, 2.24) is 9.80 Å². The number of piperidine rings is 1. The molecule has 2 aromatic carbocycles. The van der Waals surface area contributed by atoms with Gasteiger partial charge in [0.05, 0.1) is 13.2 Å². The Hall–Kier alpha value is -2.73. The fraction of sp³-hybridized carbons (Fsp3) is 0.500. The van der Waals surface area contributed by atoms with Gasteiger partial charge < -0.3 is 24.6 Å². The molecule has 6 heteroatoms. The van der Waals surface area contributed by atoms with Crippen molar-refractivity contribution in [3.05, 3.63) is 53.6 Å². The molecule has 1 fully saturated rings. The second-order valence-electron chi connectivity index (χ2n) is 9.36. The molecular formula is C26H35N3O3. The number of amides is 2. The molecular weight excluding hydrogens is 402 g/mol. The normalized spacial score (nSPS) is 16.5. The second-order valence-corrected chi connectivity index (χ2v) is 9.36. The predicted molar refractivity (Wildman–Crippen MR) is 127 cm³/mol. The molecule has 6 nitrogen and oxygen atoms in total. The van der Waals surface area contributed by atoms with E-state index >= 15 is 0 Å². The summed E-state index contributed by atoms with van der Waals surface area (Å²) in [6.45, 7) is 8.29. The first-order valence-electron chi connectivity index (χ1n) is 11.7. The first-order chi connectivity index (χ1) is 15.5. The highest BCUT2D eigenvalue weighted by Gasteiger charge is 2.27. The average Bonchev–Trinajstić information content (AvgIpc) is 3.25. The fourth-order valence-electron chi connectivity index (χ4n) is 4.30. The van der Waals surface area contributed by atoms with Gasteiger partial charge in [0, 0.05) is 24.7 Å². The van der Waals surface area contributed by atoms with Crippen molar-refractivity contribution in [2.24, 2.45) is 5.92 Å². The number of fused-ring (bicyclic) bond motifs is 1. The molecule has 2 amide bonds. The monoisotopic (exact) mass is 437 g/mol. The third kappa shape index (κ3) is 5.74. The molecule has 0 atom stereocenters. The maximum atomic E-state index is 13.4. The third-order valence-electron chi connectivity index (χ3n) is 6.19. The molecule has 0 bridgehead atoms. The van der Waals surface area contributed by atoms with Crippen LogP contribution in [-0.4, -0.2) is 55.2 Å². The molecule has 2 aromatic rings. The number of nitrogens with one attached hydrogen (secondary N) is 1. The number of anilines is 1. The van der Waals surface area contributed by atoms with Gasteiger partial charge in [0.15, 0.2) is 0 Å². The van der Waals surface area contributed by atoms with Gasteiger partial charge in [-0.3, -0.25) is 0 Å². The molecule has 2 aliphatic heterocycles. The lowest BCUT2D eigenvalue weighted by atomic mass is 10.0. The van der Waals surface area contributed by atoms with Gasteiger partial charge in [0.1, 0.15) is 11.5 Å². The van der Waals surface area contributed by atoms with Gasteiger partial charge in [-0.1, -0.05) is 26.0 Å². The Labute approximate surface area is 191 Å². The second kappa shape index (κ2) is 10.3. The number of hydrogen-bond acceptors (Lipinski definition) is 4. The maximum absolute atomic E-state index is 13.4. The van der Waals surface area contributed by atoms with E-state index in [1.165, 1.54) is 5.56 Å². The van der Waals surface area contributed by atoms with E-state index in [0.717, 1.165) is 61.7 Å². The van der Waals surface area contributed by atoms with Crippen molar-refractivity contribution in [2.45, 2.75) is 45.7 Å². The molecule has 2 aliphatic rings. The minimum atomic E-state index is -0.0489. The van der Waals surface area contributed by atoms with Crippen LogP contribution in [0.25, 0.3) is 0 Å². The molecule has 2 heterocycles. The highest BCUT2D eigenvalue weighted by molar-refractivity contribution is 5.89. The number of rotatable bonds is 7. The quantitative estimate of drug-likeness (QED) is 0.677. The maximum Gasteiger partial charge on any atom is 0.322 e. The van der Waals surface area contributed by atoms with Crippen LogP contribution in [0.1, 0.15) is 37.8 Å². The van der Waals surface area contributed by atoms with Crippen LogP contribution in [0.5, 0.6) is 11.5 Å². The number of nitrogens with zero attached hydrogens (tertiary/aromatic N) is 2. The van der Waals surface area contributed by atoms with Crippen LogP contribution >= 0.6 is 0 Å². The zero-order chi connectivity index (χ0) is 22.5. The smallest absolute Gasteiger partial charge is 0.322 e. The Morgan fingerprint density at radius 1 is 1.19 bits per heavy atom. The van der Waals surface area contributed by atoms with E-state index in [4.69, 9.17) is 9.47 Å². The van der Waals surface area contributed by atoms with Crippen molar-refractivity contribution < 1.29 is 14.3 Å². The Balaban J connectivity index is 1.45. The van der Waals surface area contributed by atoms with Crippen molar-refractivity contribution in [3.63, 3.8) is 0 Å². The lowest BCUT2D eigenvalue weighted by Gasteiger charge is -2.37. The molecule has 0 spiro atoms. The number of urea groups is 1. The standard InChI is InChI=1S/C26H35N3O3/c1-19(2)18-32-24-7-5-22(6-8-24)27-26(30)29(23-10-13-28(3)14-11-23)17-20-4-9-25-21(16-20)12-15-31-25/h4-9,16,19,23H,10-15,17-18H2,1-3H3,(H,27,30). The lowest BCUT2D eigenvalue weighted by Crippen LogP contribution is -2.47. The summed E-state index contributed by atoms with van der Waals surface area (Å²) in [5, 5.41) is 3.11. The molecule has 0 unspecified atom stereocenters. The number of carbonyl (C=O) groups is 1. The Morgan fingerprint density at radius 2 is 1.94 bits per heavy atom. The predicted octanol–water partition coefficient (Wildman–Crippen LogP) is 4.78. The molecule has 0 radical (unpaired) electrons. The number of likely N-dealkylation sites (tertiary alicyclic amines) is 1. The molecule has 1 N–H and O–H groups in total. The van der Waals surface area contributed by atoms with Gasteiger partial charge in [-0.25, -0.2) is 4.79 Å². The Kier molecular flexibility index (Phi) is 7.20. The Morgan fingerprint density at radius 3 is 2.66 bits per heavy atom. The van der Waals surface area contributed by atoms with Crippen LogP contribution in [-0.2, 0) is 13.0 Å². The minimum Gasteiger partial charge on any atom is -0.493 e. The lowest BCUT2D eigenvalue weighted by molar-refractivity contribution is 0.135. The zero-order valence-electron chi connectivity index (χ0n) is 19.5. The molecule has 0 aromatic heterocycles. The summed E-state index contributed by atoms with van der Waals surface area (Å²) in [6.07, 6.45) is 2.91. The van der Waals surface area contributed by atoms with E-state index in [1.807, 2.05) is 35.2 Å². The van der Waals surface area contributed by atoms with Crippen molar-refractivity contribution in [2.75, 3.05) is 38.7 Å². The van der Waals surface area contributed by atoms with Gasteiger partial charge in [0.2, 0.25) is 0 Å². The number of ether oxygens (including phenoxy) is 2. The number of hydrogen-bond donors (Lipinski definition) is 1. The van der Waals surface area contributed by atoms with Crippen LogP contribution in [0.4, 0.5) is 10.5 Å².